The Hall–Kier alpha value is -4.43. The zero-order valence-corrected chi connectivity index (χ0v) is 19.2. The van der Waals surface area contributed by atoms with Crippen LogP contribution in [0.1, 0.15) is 15.2 Å². The monoisotopic (exact) mass is 481 g/mol. The van der Waals surface area contributed by atoms with Gasteiger partial charge in [0, 0.05) is 39.1 Å². The molecule has 5 aromatic rings. The van der Waals surface area contributed by atoms with Gasteiger partial charge in [-0.1, -0.05) is 42.5 Å². The largest absolute Gasteiger partial charge is 0.322 e. The van der Waals surface area contributed by atoms with Crippen molar-refractivity contribution in [2.24, 2.45) is 0 Å². The number of carbonyl (C=O) groups is 2. The molecule has 1 aromatic heterocycles. The van der Waals surface area contributed by atoms with Gasteiger partial charge in [-0.2, -0.15) is 0 Å². The minimum absolute atomic E-state index is 0.0181. The molecule has 0 saturated carbocycles. The van der Waals surface area contributed by atoms with Crippen LogP contribution in [0.3, 0.4) is 0 Å². The highest BCUT2D eigenvalue weighted by atomic mass is 32.2. The van der Waals surface area contributed by atoms with Crippen LogP contribution in [0, 0.1) is 10.1 Å². The van der Waals surface area contributed by atoms with E-state index in [-0.39, 0.29) is 22.9 Å². The second kappa shape index (κ2) is 9.44. The van der Waals surface area contributed by atoms with Crippen molar-refractivity contribution in [1.29, 1.82) is 0 Å². The Kier molecular flexibility index (Phi) is 6.03. The smallest absolute Gasteiger partial charge is 0.270 e. The van der Waals surface area contributed by atoms with E-state index in [9.17, 15) is 19.7 Å². The number of non-ortho nitro benzene ring substituents is 1. The highest BCUT2D eigenvalue weighted by molar-refractivity contribution is 8.00. The minimum Gasteiger partial charge on any atom is -0.322 e. The van der Waals surface area contributed by atoms with Gasteiger partial charge in [0.05, 0.1) is 21.7 Å². The Morgan fingerprint density at radius 2 is 1.46 bits per heavy atom. The maximum atomic E-state index is 13.2. The minimum atomic E-state index is -0.538. The van der Waals surface area contributed by atoms with Crippen molar-refractivity contribution < 1.29 is 14.5 Å². The van der Waals surface area contributed by atoms with Gasteiger partial charge in [0.15, 0.2) is 0 Å². The second-order valence-corrected chi connectivity index (χ2v) is 8.89. The fraction of sp³-hybridized carbons (Fsp3) is 0.0370. The Balaban J connectivity index is 1.28. The number of carbonyl (C=O) groups excluding carboxylic acids is 2. The van der Waals surface area contributed by atoms with Crippen LogP contribution in [0.15, 0.2) is 102 Å². The second-order valence-electron chi connectivity index (χ2n) is 7.84. The molecule has 8 heteroatoms. The van der Waals surface area contributed by atoms with Gasteiger partial charge in [0.25, 0.3) is 11.6 Å². The third-order valence-corrected chi connectivity index (χ3v) is 6.62. The van der Waals surface area contributed by atoms with Crippen molar-refractivity contribution in [3.05, 3.63) is 113 Å². The number of nitrogens with one attached hydrogen (secondary N) is 1. The van der Waals surface area contributed by atoms with Crippen molar-refractivity contribution in [3.63, 3.8) is 0 Å². The highest BCUT2D eigenvalue weighted by Crippen LogP contribution is 2.30. The number of nitrogens with zero attached hydrogens (tertiary/aromatic N) is 2. The number of nitro groups is 1. The number of anilines is 1. The maximum absolute atomic E-state index is 13.2. The van der Waals surface area contributed by atoms with Gasteiger partial charge in [-0.3, -0.25) is 24.3 Å². The predicted octanol–water partition coefficient (Wildman–Crippen LogP) is 6.39. The molecule has 35 heavy (non-hydrogen) atoms. The number of para-hydroxylation sites is 2. The number of amides is 1. The van der Waals surface area contributed by atoms with Crippen molar-refractivity contribution >= 4 is 56.8 Å². The van der Waals surface area contributed by atoms with Crippen LogP contribution in [0.25, 0.3) is 21.8 Å². The van der Waals surface area contributed by atoms with Gasteiger partial charge in [-0.05, 0) is 42.5 Å². The van der Waals surface area contributed by atoms with Crippen molar-refractivity contribution in [1.82, 2.24) is 4.57 Å². The molecular weight excluding hydrogens is 462 g/mol. The Morgan fingerprint density at radius 1 is 0.829 bits per heavy atom. The summed E-state index contributed by atoms with van der Waals surface area (Å²) in [5.74, 6) is -0.201. The summed E-state index contributed by atoms with van der Waals surface area (Å²) in [6.07, 6.45) is 0. The standard InChI is InChI=1S/C27H19N3O4S/c31-26(29-24-10-3-1-8-22(24)23-9-2-4-11-25(23)29)17-35-21-14-12-19(13-15-21)28-27(32)18-6-5-7-20(16-18)30(33)34/h1-16H,17H2,(H,28,32). The van der Waals surface area contributed by atoms with E-state index in [2.05, 4.69) is 5.32 Å². The van der Waals surface area contributed by atoms with Gasteiger partial charge in [0.2, 0.25) is 5.91 Å². The number of hydrogen-bond acceptors (Lipinski definition) is 5. The normalized spacial score (nSPS) is 11.0. The van der Waals surface area contributed by atoms with Crippen LogP contribution in [0.5, 0.6) is 0 Å². The summed E-state index contributed by atoms with van der Waals surface area (Å²) < 4.78 is 1.77. The molecule has 0 saturated heterocycles. The quantitative estimate of drug-likeness (QED) is 0.172. The first kappa shape index (κ1) is 22.4. The maximum Gasteiger partial charge on any atom is 0.270 e. The van der Waals surface area contributed by atoms with Gasteiger partial charge in [-0.25, -0.2) is 0 Å². The van der Waals surface area contributed by atoms with E-state index < -0.39 is 10.8 Å². The number of fused-ring (bicyclic) bond motifs is 3. The molecule has 0 fully saturated rings. The van der Waals surface area contributed by atoms with Crippen LogP contribution < -0.4 is 5.32 Å². The Bertz CT molecular complexity index is 1540. The molecule has 4 aromatic carbocycles. The highest BCUT2D eigenvalue weighted by Gasteiger charge is 2.16. The van der Waals surface area contributed by atoms with Crippen LogP contribution in [-0.2, 0) is 0 Å². The molecule has 7 nitrogen and oxygen atoms in total. The number of nitro benzene ring substituents is 1. The molecular formula is C27H19N3O4S. The average Bonchev–Trinajstić information content (AvgIpc) is 3.23. The molecule has 1 N–H and O–H groups in total. The number of hydrogen-bond donors (Lipinski definition) is 1. The summed E-state index contributed by atoms with van der Waals surface area (Å²) in [6.45, 7) is 0. The van der Waals surface area contributed by atoms with Gasteiger partial charge in [0.1, 0.15) is 0 Å². The summed E-state index contributed by atoms with van der Waals surface area (Å²) in [6, 6.07) is 28.5. The zero-order chi connectivity index (χ0) is 24.4. The van der Waals surface area contributed by atoms with E-state index >= 15 is 0 Å². The average molecular weight is 482 g/mol. The molecule has 0 bridgehead atoms. The summed E-state index contributed by atoms with van der Waals surface area (Å²) >= 11 is 1.41. The van der Waals surface area contributed by atoms with Gasteiger partial charge < -0.3 is 5.32 Å². The van der Waals surface area contributed by atoms with Crippen molar-refractivity contribution in [2.45, 2.75) is 4.90 Å². The molecule has 0 spiro atoms. The van der Waals surface area contributed by atoms with E-state index in [1.807, 2.05) is 60.7 Å². The molecule has 0 aliphatic heterocycles. The van der Waals surface area contributed by atoms with E-state index in [1.165, 1.54) is 36.0 Å². The summed E-state index contributed by atoms with van der Waals surface area (Å²) in [5, 5.41) is 15.8. The Morgan fingerprint density at radius 3 is 2.09 bits per heavy atom. The number of benzene rings is 4. The van der Waals surface area contributed by atoms with Crippen LogP contribution in [0.4, 0.5) is 11.4 Å². The molecule has 0 atom stereocenters. The van der Waals surface area contributed by atoms with Crippen molar-refractivity contribution in [3.8, 4) is 0 Å². The topological polar surface area (TPSA) is 94.2 Å². The molecule has 0 radical (unpaired) electrons. The van der Waals surface area contributed by atoms with Crippen LogP contribution >= 0.6 is 11.8 Å². The molecule has 1 heterocycles. The third kappa shape index (κ3) is 4.51. The molecule has 1 amide bonds. The summed E-state index contributed by atoms with van der Waals surface area (Å²) in [4.78, 5) is 36.9. The lowest BCUT2D eigenvalue weighted by Crippen LogP contribution is -2.13. The number of aromatic nitrogens is 1. The molecule has 0 unspecified atom stereocenters. The van der Waals surface area contributed by atoms with Gasteiger partial charge >= 0.3 is 0 Å². The predicted molar refractivity (Wildman–Crippen MR) is 138 cm³/mol. The SMILES string of the molecule is O=C(Nc1ccc(SCC(=O)n2c3ccccc3c3ccccc32)cc1)c1cccc([N+](=O)[O-])c1. The molecule has 0 aliphatic rings. The number of thioether (sulfide) groups is 1. The third-order valence-electron chi connectivity index (χ3n) is 5.62. The summed E-state index contributed by atoms with van der Waals surface area (Å²) in [5.41, 5.74) is 2.39. The fourth-order valence-electron chi connectivity index (χ4n) is 4.00. The molecule has 172 valence electrons. The van der Waals surface area contributed by atoms with Crippen molar-refractivity contribution in [2.75, 3.05) is 11.1 Å². The lowest BCUT2D eigenvalue weighted by atomic mass is 10.2. The molecule has 5 rings (SSSR count). The first-order valence-electron chi connectivity index (χ1n) is 10.8. The fourth-order valence-corrected chi connectivity index (χ4v) is 4.75. The van der Waals surface area contributed by atoms with E-state index in [1.54, 1.807) is 16.7 Å². The lowest BCUT2D eigenvalue weighted by Gasteiger charge is -2.08. The number of rotatable bonds is 6. The summed E-state index contributed by atoms with van der Waals surface area (Å²) in [7, 11) is 0. The van der Waals surface area contributed by atoms with E-state index in [0.717, 1.165) is 26.7 Å². The van der Waals surface area contributed by atoms with E-state index in [4.69, 9.17) is 0 Å². The first-order valence-corrected chi connectivity index (χ1v) is 11.8. The molecule has 0 aliphatic carbocycles. The zero-order valence-electron chi connectivity index (χ0n) is 18.4. The lowest BCUT2D eigenvalue weighted by molar-refractivity contribution is -0.384. The Labute approximate surface area is 204 Å². The van der Waals surface area contributed by atoms with Gasteiger partial charge in [-0.15, -0.1) is 11.8 Å². The first-order chi connectivity index (χ1) is 17.0. The van der Waals surface area contributed by atoms with Crippen LogP contribution in [-0.4, -0.2) is 27.1 Å². The van der Waals surface area contributed by atoms with E-state index in [0.29, 0.717) is 5.69 Å². The van der Waals surface area contributed by atoms with Crippen LogP contribution in [0.2, 0.25) is 0 Å².